The number of aliphatic hydroxyl groups excluding tert-OH is 1. The van der Waals surface area contributed by atoms with Crippen LogP contribution in [0.25, 0.3) is 11.3 Å². The van der Waals surface area contributed by atoms with Crippen molar-refractivity contribution in [2.24, 2.45) is 0 Å². The van der Waals surface area contributed by atoms with Crippen molar-refractivity contribution >= 4 is 29.1 Å². The highest BCUT2D eigenvalue weighted by Crippen LogP contribution is 2.23. The number of aliphatic hydroxyl groups is 1. The molecule has 0 saturated heterocycles. The van der Waals surface area contributed by atoms with Crippen molar-refractivity contribution in [1.29, 1.82) is 0 Å². The zero-order valence-corrected chi connectivity index (χ0v) is 14.4. The Morgan fingerprint density at radius 3 is 2.42 bits per heavy atom. The Kier molecular flexibility index (Phi) is 6.54. The number of benzene rings is 1. The molecule has 24 heavy (non-hydrogen) atoms. The predicted molar refractivity (Wildman–Crippen MR) is 92.8 cm³/mol. The first kappa shape index (κ1) is 18.6. The maximum absolute atomic E-state index is 13.1. The van der Waals surface area contributed by atoms with Gasteiger partial charge < -0.3 is 10.4 Å². The second-order valence-electron chi connectivity index (χ2n) is 5.36. The summed E-state index contributed by atoms with van der Waals surface area (Å²) in [7, 11) is 0. The fourth-order valence-corrected chi connectivity index (χ4v) is 2.30. The summed E-state index contributed by atoms with van der Waals surface area (Å²) in [5.74, 6) is -0.750. The van der Waals surface area contributed by atoms with Crippen LogP contribution in [0.15, 0.2) is 42.6 Å². The lowest BCUT2D eigenvalue weighted by atomic mass is 10.0. The first-order valence-electron chi connectivity index (χ1n) is 7.28. The Bertz CT molecular complexity index is 678. The van der Waals surface area contributed by atoms with E-state index in [1.165, 1.54) is 0 Å². The molecule has 2 atom stereocenters. The average Bonchev–Trinajstić information content (AvgIpc) is 2.59. The second-order valence-corrected chi connectivity index (χ2v) is 6.45. The molecule has 1 aromatic carbocycles. The highest BCUT2D eigenvalue weighted by Gasteiger charge is 2.25. The van der Waals surface area contributed by atoms with Gasteiger partial charge in [-0.2, -0.15) is 0 Å². The summed E-state index contributed by atoms with van der Waals surface area (Å²) in [5, 5.41) is 12.5. The van der Waals surface area contributed by atoms with E-state index in [4.69, 9.17) is 23.2 Å². The molecule has 2 aromatic rings. The molecule has 1 amide bonds. The van der Waals surface area contributed by atoms with Crippen LogP contribution in [0.5, 0.6) is 0 Å². The number of rotatable bonds is 6. The van der Waals surface area contributed by atoms with Gasteiger partial charge in [0.15, 0.2) is 4.84 Å². The molecule has 0 aliphatic carbocycles. The van der Waals surface area contributed by atoms with Crippen molar-refractivity contribution in [2.45, 2.75) is 23.9 Å². The van der Waals surface area contributed by atoms with Gasteiger partial charge in [0.1, 0.15) is 12.8 Å². The smallest absolute Gasteiger partial charge is 0.253 e. The van der Waals surface area contributed by atoms with E-state index < -0.39 is 29.6 Å². The van der Waals surface area contributed by atoms with Gasteiger partial charge in [-0.15, -0.1) is 0 Å². The average molecular weight is 371 g/mol. The van der Waals surface area contributed by atoms with Gasteiger partial charge in [0.2, 0.25) is 0 Å². The van der Waals surface area contributed by atoms with E-state index in [0.29, 0.717) is 5.56 Å². The van der Waals surface area contributed by atoms with Crippen LogP contribution in [0, 0.1) is 6.92 Å². The quantitative estimate of drug-likeness (QED) is 0.766. The molecule has 0 aliphatic rings. The number of pyridine rings is 1. The fourth-order valence-electron chi connectivity index (χ4n) is 2.17. The minimum absolute atomic E-state index is 0.467. The van der Waals surface area contributed by atoms with Crippen LogP contribution in [-0.2, 0) is 4.79 Å². The SMILES string of the molecule is Cc1ccc(-c2ccc(C(O)C(CF)NC(=O)C(Cl)Cl)cc2)nc1. The fraction of sp³-hybridized carbons (Fsp3) is 0.294. The Labute approximate surface area is 149 Å². The van der Waals surface area contributed by atoms with Gasteiger partial charge in [-0.3, -0.25) is 9.78 Å². The molecular weight excluding hydrogens is 354 g/mol. The standard InChI is InChI=1S/C17H17Cl2FN2O2/c1-10-2-7-13(21-9-10)11-3-5-12(6-4-11)15(23)14(8-20)22-17(24)16(18)19/h2-7,9,14-16,23H,8H2,1H3,(H,22,24). The van der Waals surface area contributed by atoms with Crippen molar-refractivity contribution < 1.29 is 14.3 Å². The number of nitrogens with one attached hydrogen (secondary N) is 1. The number of aryl methyl sites for hydroxylation is 1. The number of alkyl halides is 3. The van der Waals surface area contributed by atoms with Crippen molar-refractivity contribution in [3.63, 3.8) is 0 Å². The van der Waals surface area contributed by atoms with Crippen LogP contribution >= 0.6 is 23.2 Å². The van der Waals surface area contributed by atoms with Gasteiger partial charge >= 0.3 is 0 Å². The normalized spacial score (nSPS) is 13.6. The van der Waals surface area contributed by atoms with E-state index in [-0.39, 0.29) is 0 Å². The Morgan fingerprint density at radius 2 is 1.92 bits per heavy atom. The number of hydrogen-bond acceptors (Lipinski definition) is 3. The van der Waals surface area contributed by atoms with Gasteiger partial charge in [0, 0.05) is 11.8 Å². The Morgan fingerprint density at radius 1 is 1.25 bits per heavy atom. The zero-order valence-electron chi connectivity index (χ0n) is 12.9. The summed E-state index contributed by atoms with van der Waals surface area (Å²) in [4.78, 5) is 14.5. The first-order valence-corrected chi connectivity index (χ1v) is 8.15. The summed E-state index contributed by atoms with van der Waals surface area (Å²) >= 11 is 10.8. The van der Waals surface area contributed by atoms with E-state index in [1.807, 2.05) is 19.1 Å². The maximum atomic E-state index is 13.1. The van der Waals surface area contributed by atoms with Crippen LogP contribution in [0.4, 0.5) is 4.39 Å². The summed E-state index contributed by atoms with van der Waals surface area (Å²) < 4.78 is 13.1. The zero-order chi connectivity index (χ0) is 17.7. The number of carbonyl (C=O) groups is 1. The van der Waals surface area contributed by atoms with E-state index in [2.05, 4.69) is 10.3 Å². The minimum Gasteiger partial charge on any atom is -0.386 e. The van der Waals surface area contributed by atoms with Gasteiger partial charge in [-0.25, -0.2) is 4.39 Å². The van der Waals surface area contributed by atoms with Crippen LogP contribution in [0.2, 0.25) is 0 Å². The van der Waals surface area contributed by atoms with Gasteiger partial charge in [0.25, 0.3) is 5.91 Å². The third-order valence-corrected chi connectivity index (χ3v) is 3.93. The van der Waals surface area contributed by atoms with Gasteiger partial charge in [-0.1, -0.05) is 53.5 Å². The molecule has 0 fully saturated rings. The summed E-state index contributed by atoms with van der Waals surface area (Å²) in [6, 6.07) is 9.60. The van der Waals surface area contributed by atoms with Crippen molar-refractivity contribution in [2.75, 3.05) is 6.67 Å². The number of halogens is 3. The van der Waals surface area contributed by atoms with Crippen LogP contribution in [-0.4, -0.2) is 33.6 Å². The minimum atomic E-state index is -1.32. The number of nitrogens with zero attached hydrogens (tertiary/aromatic N) is 1. The highest BCUT2D eigenvalue weighted by molar-refractivity contribution is 6.53. The van der Waals surface area contributed by atoms with E-state index in [1.54, 1.807) is 30.5 Å². The van der Waals surface area contributed by atoms with Crippen LogP contribution in [0.1, 0.15) is 17.2 Å². The third kappa shape index (κ3) is 4.66. The molecule has 0 spiro atoms. The molecule has 0 saturated carbocycles. The monoisotopic (exact) mass is 370 g/mol. The van der Waals surface area contributed by atoms with Crippen molar-refractivity contribution in [3.8, 4) is 11.3 Å². The van der Waals surface area contributed by atoms with Crippen LogP contribution in [0.3, 0.4) is 0 Å². The summed E-state index contributed by atoms with van der Waals surface area (Å²) in [5.41, 5.74) is 3.19. The third-order valence-electron chi connectivity index (χ3n) is 3.53. The van der Waals surface area contributed by atoms with Crippen LogP contribution < -0.4 is 5.32 Å². The van der Waals surface area contributed by atoms with E-state index in [0.717, 1.165) is 16.8 Å². The molecule has 7 heteroatoms. The topological polar surface area (TPSA) is 62.2 Å². The lowest BCUT2D eigenvalue weighted by Crippen LogP contribution is -2.43. The molecule has 128 valence electrons. The van der Waals surface area contributed by atoms with Gasteiger partial charge in [0.05, 0.1) is 11.7 Å². The first-order chi connectivity index (χ1) is 11.4. The van der Waals surface area contributed by atoms with Crippen molar-refractivity contribution in [1.82, 2.24) is 10.3 Å². The highest BCUT2D eigenvalue weighted by atomic mass is 35.5. The molecule has 4 nitrogen and oxygen atoms in total. The summed E-state index contributed by atoms with van der Waals surface area (Å²) in [6.45, 7) is 1.00. The molecule has 0 bridgehead atoms. The lowest BCUT2D eigenvalue weighted by molar-refractivity contribution is -0.121. The molecule has 2 rings (SSSR count). The molecule has 0 radical (unpaired) electrons. The largest absolute Gasteiger partial charge is 0.386 e. The molecule has 2 N–H and O–H groups in total. The number of aromatic nitrogens is 1. The predicted octanol–water partition coefficient (Wildman–Crippen LogP) is 3.35. The molecular formula is C17H17Cl2FN2O2. The molecule has 0 aliphatic heterocycles. The number of carbonyl (C=O) groups excluding carboxylic acids is 1. The Balaban J connectivity index is 2.13. The lowest BCUT2D eigenvalue weighted by Gasteiger charge is -2.22. The molecule has 2 unspecified atom stereocenters. The molecule has 1 aromatic heterocycles. The summed E-state index contributed by atoms with van der Waals surface area (Å²) in [6.07, 6.45) is 0.549. The molecule has 1 heterocycles. The number of amides is 1. The van der Waals surface area contributed by atoms with Crippen molar-refractivity contribution in [3.05, 3.63) is 53.7 Å². The number of hydrogen-bond donors (Lipinski definition) is 2. The van der Waals surface area contributed by atoms with E-state index in [9.17, 15) is 14.3 Å². The van der Waals surface area contributed by atoms with E-state index >= 15 is 0 Å². The Hall–Kier alpha value is -1.69. The second kappa shape index (κ2) is 8.42. The maximum Gasteiger partial charge on any atom is 0.253 e. The van der Waals surface area contributed by atoms with Gasteiger partial charge in [-0.05, 0) is 24.1 Å².